The summed E-state index contributed by atoms with van der Waals surface area (Å²) in [6, 6.07) is 27.2. The van der Waals surface area contributed by atoms with E-state index < -0.39 is 5.97 Å². The van der Waals surface area contributed by atoms with E-state index in [4.69, 9.17) is 4.74 Å². The first kappa shape index (κ1) is 20.3. The fraction of sp³-hybridized carbons (Fsp3) is 0.200. The molecule has 0 aliphatic carbocycles. The molecule has 3 aromatic rings. The third-order valence-electron chi connectivity index (χ3n) is 4.68. The lowest BCUT2D eigenvalue weighted by molar-refractivity contribution is -0.124. The second kappa shape index (κ2) is 10.2. The maximum Gasteiger partial charge on any atom is 0.338 e. The van der Waals surface area contributed by atoms with E-state index in [-0.39, 0.29) is 18.6 Å². The number of hydrogen-bond donors (Lipinski definition) is 1. The molecule has 0 saturated carbocycles. The first-order chi connectivity index (χ1) is 14.1. The number of hydrogen-bond acceptors (Lipinski definition) is 3. The van der Waals surface area contributed by atoms with Crippen molar-refractivity contribution in [2.45, 2.75) is 25.8 Å². The molecule has 0 spiro atoms. The molecule has 1 N–H and O–H groups in total. The van der Waals surface area contributed by atoms with Crippen molar-refractivity contribution in [1.29, 1.82) is 0 Å². The Kier molecular flexibility index (Phi) is 7.17. The van der Waals surface area contributed by atoms with Gasteiger partial charge in [-0.15, -0.1) is 0 Å². The zero-order valence-electron chi connectivity index (χ0n) is 16.5. The van der Waals surface area contributed by atoms with Crippen LogP contribution in [0.4, 0.5) is 0 Å². The van der Waals surface area contributed by atoms with Crippen LogP contribution in [0.25, 0.3) is 11.1 Å². The maximum absolute atomic E-state index is 12.2. The topological polar surface area (TPSA) is 55.4 Å². The lowest BCUT2D eigenvalue weighted by Crippen LogP contribution is -2.36. The number of esters is 1. The molecule has 0 fully saturated rings. The first-order valence-electron chi connectivity index (χ1n) is 9.78. The van der Waals surface area contributed by atoms with E-state index in [2.05, 4.69) is 17.4 Å². The van der Waals surface area contributed by atoms with E-state index in [1.165, 1.54) is 5.56 Å². The number of carbonyl (C=O) groups is 2. The van der Waals surface area contributed by atoms with E-state index >= 15 is 0 Å². The van der Waals surface area contributed by atoms with Crippen molar-refractivity contribution in [1.82, 2.24) is 5.32 Å². The Balaban J connectivity index is 1.43. The molecule has 3 rings (SSSR count). The maximum atomic E-state index is 12.2. The van der Waals surface area contributed by atoms with Gasteiger partial charge in [0.05, 0.1) is 5.56 Å². The standard InChI is InChI=1S/C25H25NO3/c1-19(12-13-20-8-4-2-5-9-20)26-24(27)18-29-25(28)23-16-14-22(15-17-23)21-10-6-3-7-11-21/h2-11,14-17,19H,12-13,18H2,1H3,(H,26,27)/t19-/m0/s1. The summed E-state index contributed by atoms with van der Waals surface area (Å²) in [5.74, 6) is -0.795. The Morgan fingerprint density at radius 3 is 2.07 bits per heavy atom. The molecule has 0 aliphatic heterocycles. The minimum atomic E-state index is -0.503. The van der Waals surface area contributed by atoms with Crippen LogP contribution in [0.5, 0.6) is 0 Å². The molecule has 4 heteroatoms. The summed E-state index contributed by atoms with van der Waals surface area (Å²) in [5.41, 5.74) is 3.76. The van der Waals surface area contributed by atoms with Crippen LogP contribution in [-0.2, 0) is 16.0 Å². The Hall–Kier alpha value is -3.40. The average molecular weight is 387 g/mol. The van der Waals surface area contributed by atoms with Gasteiger partial charge in [-0.2, -0.15) is 0 Å². The second-order valence-corrected chi connectivity index (χ2v) is 7.01. The van der Waals surface area contributed by atoms with Gasteiger partial charge in [0.15, 0.2) is 6.61 Å². The average Bonchev–Trinajstić information content (AvgIpc) is 2.77. The van der Waals surface area contributed by atoms with Gasteiger partial charge in [0, 0.05) is 6.04 Å². The van der Waals surface area contributed by atoms with E-state index in [9.17, 15) is 9.59 Å². The Morgan fingerprint density at radius 2 is 1.41 bits per heavy atom. The van der Waals surface area contributed by atoms with Crippen LogP contribution in [0.1, 0.15) is 29.3 Å². The van der Waals surface area contributed by atoms with Crippen molar-refractivity contribution >= 4 is 11.9 Å². The Bertz CT molecular complexity index is 921. The Morgan fingerprint density at radius 1 is 0.828 bits per heavy atom. The molecule has 29 heavy (non-hydrogen) atoms. The monoisotopic (exact) mass is 387 g/mol. The molecule has 4 nitrogen and oxygen atoms in total. The van der Waals surface area contributed by atoms with E-state index in [1.807, 2.05) is 67.6 Å². The summed E-state index contributed by atoms with van der Waals surface area (Å²) in [5, 5.41) is 2.87. The lowest BCUT2D eigenvalue weighted by atomic mass is 10.0. The van der Waals surface area contributed by atoms with Gasteiger partial charge in [0.1, 0.15) is 0 Å². The smallest absolute Gasteiger partial charge is 0.338 e. The van der Waals surface area contributed by atoms with Crippen LogP contribution in [0.15, 0.2) is 84.9 Å². The van der Waals surface area contributed by atoms with Crippen molar-refractivity contribution in [2.24, 2.45) is 0 Å². The van der Waals surface area contributed by atoms with Gasteiger partial charge >= 0.3 is 5.97 Å². The van der Waals surface area contributed by atoms with Gasteiger partial charge in [0.2, 0.25) is 0 Å². The number of aryl methyl sites for hydroxylation is 1. The van der Waals surface area contributed by atoms with Crippen LogP contribution in [0.3, 0.4) is 0 Å². The first-order valence-corrected chi connectivity index (χ1v) is 9.78. The highest BCUT2D eigenvalue weighted by molar-refractivity contribution is 5.91. The van der Waals surface area contributed by atoms with Crippen molar-refractivity contribution in [3.63, 3.8) is 0 Å². The van der Waals surface area contributed by atoms with Gasteiger partial charge in [-0.3, -0.25) is 4.79 Å². The molecule has 0 aliphatic rings. The largest absolute Gasteiger partial charge is 0.452 e. The molecular weight excluding hydrogens is 362 g/mol. The molecule has 3 aromatic carbocycles. The summed E-state index contributed by atoms with van der Waals surface area (Å²) < 4.78 is 5.15. The van der Waals surface area contributed by atoms with Crippen molar-refractivity contribution in [2.75, 3.05) is 6.61 Å². The van der Waals surface area contributed by atoms with Crippen LogP contribution in [0, 0.1) is 0 Å². The molecule has 148 valence electrons. The van der Waals surface area contributed by atoms with E-state index in [1.54, 1.807) is 12.1 Å². The van der Waals surface area contributed by atoms with Crippen LogP contribution >= 0.6 is 0 Å². The van der Waals surface area contributed by atoms with E-state index in [0.29, 0.717) is 5.56 Å². The zero-order chi connectivity index (χ0) is 20.5. The third-order valence-corrected chi connectivity index (χ3v) is 4.68. The fourth-order valence-electron chi connectivity index (χ4n) is 3.06. The minimum Gasteiger partial charge on any atom is -0.452 e. The van der Waals surface area contributed by atoms with Gasteiger partial charge in [0.25, 0.3) is 5.91 Å². The SMILES string of the molecule is C[C@@H](CCc1ccccc1)NC(=O)COC(=O)c1ccc(-c2ccccc2)cc1. The summed E-state index contributed by atoms with van der Waals surface area (Å²) in [6.07, 6.45) is 1.71. The number of nitrogens with one attached hydrogen (secondary N) is 1. The number of rotatable bonds is 8. The molecule has 0 saturated heterocycles. The third kappa shape index (κ3) is 6.32. The molecule has 0 aromatic heterocycles. The quantitative estimate of drug-likeness (QED) is 0.573. The number of ether oxygens (including phenoxy) is 1. The number of carbonyl (C=O) groups excluding carboxylic acids is 2. The molecule has 1 amide bonds. The zero-order valence-corrected chi connectivity index (χ0v) is 16.5. The van der Waals surface area contributed by atoms with Crippen molar-refractivity contribution in [3.05, 3.63) is 96.1 Å². The van der Waals surface area contributed by atoms with Gasteiger partial charge in [-0.1, -0.05) is 72.8 Å². The van der Waals surface area contributed by atoms with Crippen molar-refractivity contribution in [3.8, 4) is 11.1 Å². The molecule has 1 atom stereocenters. The van der Waals surface area contributed by atoms with Crippen molar-refractivity contribution < 1.29 is 14.3 Å². The summed E-state index contributed by atoms with van der Waals surface area (Å²) in [6.45, 7) is 1.67. The van der Waals surface area contributed by atoms with Gasteiger partial charge in [-0.05, 0) is 48.6 Å². The molecule has 0 heterocycles. The fourth-order valence-corrected chi connectivity index (χ4v) is 3.06. The number of amides is 1. The number of benzene rings is 3. The van der Waals surface area contributed by atoms with Crippen LogP contribution in [0.2, 0.25) is 0 Å². The molecule has 0 radical (unpaired) electrons. The highest BCUT2D eigenvalue weighted by atomic mass is 16.5. The predicted octanol–water partition coefficient (Wildman–Crippen LogP) is 4.65. The Labute approximate surface area is 171 Å². The van der Waals surface area contributed by atoms with Gasteiger partial charge in [-0.25, -0.2) is 4.79 Å². The van der Waals surface area contributed by atoms with Crippen LogP contribution in [-0.4, -0.2) is 24.5 Å². The highest BCUT2D eigenvalue weighted by Crippen LogP contribution is 2.19. The van der Waals surface area contributed by atoms with Gasteiger partial charge < -0.3 is 10.1 Å². The van der Waals surface area contributed by atoms with E-state index in [0.717, 1.165) is 24.0 Å². The highest BCUT2D eigenvalue weighted by Gasteiger charge is 2.12. The molecular formula is C25H25NO3. The second-order valence-electron chi connectivity index (χ2n) is 7.01. The van der Waals surface area contributed by atoms with Crippen LogP contribution < -0.4 is 5.32 Å². The lowest BCUT2D eigenvalue weighted by Gasteiger charge is -2.14. The molecule has 0 unspecified atom stereocenters. The predicted molar refractivity (Wildman–Crippen MR) is 115 cm³/mol. The summed E-state index contributed by atoms with van der Waals surface area (Å²) in [4.78, 5) is 24.2. The summed E-state index contributed by atoms with van der Waals surface area (Å²) >= 11 is 0. The minimum absolute atomic E-state index is 0.00608. The summed E-state index contributed by atoms with van der Waals surface area (Å²) in [7, 11) is 0. The molecule has 0 bridgehead atoms. The normalized spacial score (nSPS) is 11.5.